The lowest BCUT2D eigenvalue weighted by atomic mass is 10.2. The lowest BCUT2D eigenvalue weighted by Crippen LogP contribution is -2.37. The zero-order valence-corrected chi connectivity index (χ0v) is 20.9. The van der Waals surface area contributed by atoms with E-state index in [1.54, 1.807) is 36.9 Å². The number of nitrogens with zero attached hydrogens (tertiary/aromatic N) is 3. The van der Waals surface area contributed by atoms with E-state index in [9.17, 15) is 13.2 Å². The zero-order chi connectivity index (χ0) is 23.6. The number of benzene rings is 2. The number of carbonyl (C=O) groups is 1. The van der Waals surface area contributed by atoms with Gasteiger partial charge in [0.1, 0.15) is 5.52 Å². The Morgan fingerprint density at radius 3 is 2.52 bits per heavy atom. The predicted octanol–water partition coefficient (Wildman–Crippen LogP) is 4.81. The smallest absolute Gasteiger partial charge is 0.260 e. The molecule has 0 bridgehead atoms. The molecule has 0 N–H and O–H groups in total. The maximum Gasteiger partial charge on any atom is 0.260 e. The second kappa shape index (κ2) is 10.1. The fourth-order valence-corrected chi connectivity index (χ4v) is 6.63. The van der Waals surface area contributed by atoms with E-state index in [-0.39, 0.29) is 16.9 Å². The van der Waals surface area contributed by atoms with Crippen LogP contribution in [0.2, 0.25) is 5.02 Å². The van der Waals surface area contributed by atoms with Crippen LogP contribution in [0, 0.1) is 0 Å². The molecule has 33 heavy (non-hydrogen) atoms. The Morgan fingerprint density at radius 1 is 1.18 bits per heavy atom. The van der Waals surface area contributed by atoms with Crippen molar-refractivity contribution in [2.24, 2.45) is 0 Å². The molecule has 176 valence electrons. The van der Waals surface area contributed by atoms with Crippen molar-refractivity contribution in [3.63, 3.8) is 0 Å². The maximum absolute atomic E-state index is 13.5. The van der Waals surface area contributed by atoms with Gasteiger partial charge in [0.25, 0.3) is 5.91 Å². The zero-order valence-electron chi connectivity index (χ0n) is 18.5. The number of halogens is 1. The summed E-state index contributed by atoms with van der Waals surface area (Å²) in [5.41, 5.74) is 1.04. The van der Waals surface area contributed by atoms with E-state index < -0.39 is 10.0 Å². The first-order valence-electron chi connectivity index (χ1n) is 10.9. The van der Waals surface area contributed by atoms with Crippen molar-refractivity contribution in [1.29, 1.82) is 0 Å². The molecular weight excluding hydrogens is 482 g/mol. The van der Waals surface area contributed by atoms with Gasteiger partial charge in [0.15, 0.2) is 5.13 Å². The highest BCUT2D eigenvalue weighted by Gasteiger charge is 2.28. The fourth-order valence-electron chi connectivity index (χ4n) is 3.90. The summed E-state index contributed by atoms with van der Waals surface area (Å²) in [5.74, 6) is -0.257. The molecule has 0 spiro atoms. The summed E-state index contributed by atoms with van der Waals surface area (Å²) in [6.45, 7) is 5.41. The standard InChI is InChI=1S/C23H26ClN3O4S2/c1-3-26(4-2)33(29,30)18-12-10-16(11-13-18)22(28)27(15-17-7-6-14-31-17)23-25-21-19(24)8-5-9-20(21)32-23/h5,8-13,17H,3-4,6-7,14-15H2,1-2H3. The Labute approximate surface area is 203 Å². The third-order valence-corrected chi connectivity index (χ3v) is 9.10. The minimum atomic E-state index is -3.59. The van der Waals surface area contributed by atoms with Gasteiger partial charge in [-0.1, -0.05) is 42.9 Å². The van der Waals surface area contributed by atoms with Gasteiger partial charge in [0.2, 0.25) is 10.0 Å². The number of ether oxygens (including phenoxy) is 1. The fraction of sp³-hybridized carbons (Fsp3) is 0.391. The van der Waals surface area contributed by atoms with Crippen LogP contribution in [-0.4, -0.2) is 56.0 Å². The summed E-state index contributed by atoms with van der Waals surface area (Å²) >= 11 is 7.70. The monoisotopic (exact) mass is 507 g/mol. The van der Waals surface area contributed by atoms with Gasteiger partial charge in [-0.05, 0) is 49.2 Å². The van der Waals surface area contributed by atoms with Gasteiger partial charge in [0.05, 0.1) is 27.3 Å². The molecule has 0 saturated carbocycles. The van der Waals surface area contributed by atoms with Crippen LogP contribution in [0.4, 0.5) is 5.13 Å². The highest BCUT2D eigenvalue weighted by Crippen LogP contribution is 2.34. The number of para-hydroxylation sites is 1. The van der Waals surface area contributed by atoms with Crippen molar-refractivity contribution in [2.45, 2.75) is 37.7 Å². The number of aromatic nitrogens is 1. The molecular formula is C23H26ClN3O4S2. The van der Waals surface area contributed by atoms with E-state index in [1.165, 1.54) is 27.8 Å². The number of hydrogen-bond donors (Lipinski definition) is 0. The summed E-state index contributed by atoms with van der Waals surface area (Å²) in [6.07, 6.45) is 1.76. The number of anilines is 1. The van der Waals surface area contributed by atoms with Crippen molar-refractivity contribution in [2.75, 3.05) is 31.1 Å². The van der Waals surface area contributed by atoms with Crippen molar-refractivity contribution >= 4 is 54.2 Å². The number of rotatable bonds is 8. The number of fused-ring (bicyclic) bond motifs is 1. The Morgan fingerprint density at radius 2 is 1.91 bits per heavy atom. The van der Waals surface area contributed by atoms with Crippen molar-refractivity contribution in [3.05, 3.63) is 53.1 Å². The first-order valence-corrected chi connectivity index (χ1v) is 13.6. The Balaban J connectivity index is 1.66. The minimum absolute atomic E-state index is 0.0706. The van der Waals surface area contributed by atoms with E-state index in [0.717, 1.165) is 17.5 Å². The topological polar surface area (TPSA) is 79.8 Å². The number of thiazole rings is 1. The van der Waals surface area contributed by atoms with E-state index in [1.807, 2.05) is 12.1 Å². The summed E-state index contributed by atoms with van der Waals surface area (Å²) in [5, 5.41) is 1.07. The largest absolute Gasteiger partial charge is 0.376 e. The van der Waals surface area contributed by atoms with Crippen LogP contribution in [0.25, 0.3) is 10.2 Å². The van der Waals surface area contributed by atoms with Gasteiger partial charge in [-0.15, -0.1) is 0 Å². The number of carbonyl (C=O) groups excluding carboxylic acids is 1. The lowest BCUT2D eigenvalue weighted by Gasteiger charge is -2.23. The van der Waals surface area contributed by atoms with Crippen molar-refractivity contribution in [3.8, 4) is 0 Å². The normalized spacial score (nSPS) is 16.5. The molecule has 4 rings (SSSR count). The molecule has 3 aromatic rings. The first-order chi connectivity index (χ1) is 15.8. The lowest BCUT2D eigenvalue weighted by molar-refractivity contribution is 0.0917. The van der Waals surface area contributed by atoms with Crippen LogP contribution in [0.5, 0.6) is 0 Å². The number of sulfonamides is 1. The number of hydrogen-bond acceptors (Lipinski definition) is 6. The van der Waals surface area contributed by atoms with Gasteiger partial charge < -0.3 is 4.74 Å². The molecule has 1 aliphatic rings. The van der Waals surface area contributed by atoms with Crippen LogP contribution in [0.15, 0.2) is 47.4 Å². The Hall–Kier alpha value is -2.04. The van der Waals surface area contributed by atoms with E-state index in [2.05, 4.69) is 4.98 Å². The van der Waals surface area contributed by atoms with E-state index in [0.29, 0.717) is 47.5 Å². The molecule has 10 heteroatoms. The molecule has 1 fully saturated rings. The van der Waals surface area contributed by atoms with Gasteiger partial charge >= 0.3 is 0 Å². The van der Waals surface area contributed by atoms with Gasteiger partial charge in [-0.25, -0.2) is 13.4 Å². The van der Waals surface area contributed by atoms with Crippen LogP contribution in [0.1, 0.15) is 37.0 Å². The first kappa shape index (κ1) is 24.1. The summed E-state index contributed by atoms with van der Waals surface area (Å²) < 4.78 is 33.6. The molecule has 2 heterocycles. The van der Waals surface area contributed by atoms with Crippen molar-refractivity contribution in [1.82, 2.24) is 9.29 Å². The summed E-state index contributed by atoms with van der Waals surface area (Å²) in [7, 11) is -3.59. The molecule has 1 atom stereocenters. The number of amides is 1. The van der Waals surface area contributed by atoms with Crippen LogP contribution in [-0.2, 0) is 14.8 Å². The third-order valence-electron chi connectivity index (χ3n) is 5.69. The van der Waals surface area contributed by atoms with Crippen LogP contribution >= 0.6 is 22.9 Å². The van der Waals surface area contributed by atoms with Crippen molar-refractivity contribution < 1.29 is 17.9 Å². The third kappa shape index (κ3) is 4.93. The second-order valence-electron chi connectivity index (χ2n) is 7.75. The molecule has 1 aromatic heterocycles. The maximum atomic E-state index is 13.5. The Kier molecular flexibility index (Phi) is 7.35. The molecule has 1 amide bonds. The average molecular weight is 508 g/mol. The summed E-state index contributed by atoms with van der Waals surface area (Å²) in [4.78, 5) is 20.0. The molecule has 1 aliphatic heterocycles. The molecule has 0 aliphatic carbocycles. The molecule has 1 unspecified atom stereocenters. The van der Waals surface area contributed by atoms with Crippen LogP contribution < -0.4 is 4.90 Å². The average Bonchev–Trinajstić information content (AvgIpc) is 3.48. The second-order valence-corrected chi connectivity index (χ2v) is 11.1. The SMILES string of the molecule is CCN(CC)S(=O)(=O)c1ccc(C(=O)N(CC2CCCO2)c2nc3c(Cl)cccc3s2)cc1. The highest BCUT2D eigenvalue weighted by molar-refractivity contribution is 7.89. The molecule has 2 aromatic carbocycles. The van der Waals surface area contributed by atoms with Gasteiger partial charge in [0, 0.05) is 25.3 Å². The van der Waals surface area contributed by atoms with Gasteiger partial charge in [-0.3, -0.25) is 9.69 Å². The minimum Gasteiger partial charge on any atom is -0.376 e. The summed E-state index contributed by atoms with van der Waals surface area (Å²) in [6, 6.07) is 11.6. The van der Waals surface area contributed by atoms with E-state index >= 15 is 0 Å². The highest BCUT2D eigenvalue weighted by atomic mass is 35.5. The molecule has 7 nitrogen and oxygen atoms in total. The van der Waals surface area contributed by atoms with Gasteiger partial charge in [-0.2, -0.15) is 4.31 Å². The predicted molar refractivity (Wildman–Crippen MR) is 132 cm³/mol. The van der Waals surface area contributed by atoms with Crippen LogP contribution in [0.3, 0.4) is 0 Å². The quantitative estimate of drug-likeness (QED) is 0.437. The molecule has 1 saturated heterocycles. The van der Waals surface area contributed by atoms with E-state index in [4.69, 9.17) is 16.3 Å². The molecule has 0 radical (unpaired) electrons. The Bertz CT molecular complexity index is 1230.